The fourth-order valence-corrected chi connectivity index (χ4v) is 5.30. The van der Waals surface area contributed by atoms with E-state index in [-0.39, 0.29) is 5.97 Å². The van der Waals surface area contributed by atoms with Crippen molar-refractivity contribution >= 4 is 5.97 Å². The average molecular weight is 426 g/mol. The van der Waals surface area contributed by atoms with Gasteiger partial charge in [0.05, 0.1) is 5.56 Å². The van der Waals surface area contributed by atoms with E-state index in [1.807, 2.05) is 54.6 Å². The van der Waals surface area contributed by atoms with Crippen LogP contribution in [0.4, 0.5) is 0 Å². The highest BCUT2D eigenvalue weighted by Crippen LogP contribution is 2.32. The second-order valence-corrected chi connectivity index (χ2v) is 9.25. The van der Waals surface area contributed by atoms with Crippen LogP contribution in [-0.2, 0) is 24.2 Å². The van der Waals surface area contributed by atoms with E-state index in [0.717, 1.165) is 23.6 Å². The van der Waals surface area contributed by atoms with Crippen LogP contribution in [-0.4, -0.2) is 29.5 Å². The second kappa shape index (κ2) is 9.30. The van der Waals surface area contributed by atoms with E-state index in [2.05, 4.69) is 30.0 Å². The lowest BCUT2D eigenvalue weighted by Gasteiger charge is -2.35. The minimum Gasteiger partial charge on any atom is -0.457 e. The molecule has 2 atom stereocenters. The lowest BCUT2D eigenvalue weighted by atomic mass is 9.85. The number of hydrogen-bond donors (Lipinski definition) is 0. The molecule has 0 aromatic heterocycles. The molecule has 0 saturated carbocycles. The molecular weight excluding hydrogens is 394 g/mol. The van der Waals surface area contributed by atoms with Crippen molar-refractivity contribution in [2.75, 3.05) is 6.54 Å². The molecule has 1 heterocycles. The Balaban J connectivity index is 1.24. The smallest absolute Gasteiger partial charge is 0.338 e. The number of fused-ring (bicyclic) bond motifs is 1. The van der Waals surface area contributed by atoms with E-state index in [1.165, 1.54) is 48.9 Å². The van der Waals surface area contributed by atoms with Gasteiger partial charge in [0, 0.05) is 12.1 Å². The number of ether oxygens (including phenoxy) is 1. The minimum absolute atomic E-state index is 0.284. The maximum Gasteiger partial charge on any atom is 0.338 e. The van der Waals surface area contributed by atoms with Crippen molar-refractivity contribution in [3.05, 3.63) is 95.1 Å². The van der Waals surface area contributed by atoms with Crippen LogP contribution in [0.25, 0.3) is 11.1 Å². The summed E-state index contributed by atoms with van der Waals surface area (Å²) in [4.78, 5) is 15.1. The molecule has 0 N–H and O–H groups in total. The summed E-state index contributed by atoms with van der Waals surface area (Å²) < 4.78 is 5.45. The fourth-order valence-electron chi connectivity index (χ4n) is 5.30. The van der Waals surface area contributed by atoms with E-state index in [0.29, 0.717) is 18.2 Å². The summed E-state index contributed by atoms with van der Waals surface area (Å²) in [5, 5.41) is 0. The van der Waals surface area contributed by atoms with Gasteiger partial charge >= 0.3 is 5.97 Å². The van der Waals surface area contributed by atoms with Crippen molar-refractivity contribution in [1.29, 1.82) is 0 Å². The van der Waals surface area contributed by atoms with Crippen LogP contribution in [0.15, 0.2) is 72.8 Å². The van der Waals surface area contributed by atoms with E-state index in [1.54, 1.807) is 0 Å². The first-order valence-electron chi connectivity index (χ1n) is 11.9. The van der Waals surface area contributed by atoms with Crippen LogP contribution in [0.1, 0.15) is 53.2 Å². The molecule has 2 unspecified atom stereocenters. The number of likely N-dealkylation sites (tertiary alicyclic amines) is 1. The largest absolute Gasteiger partial charge is 0.457 e. The number of nitrogens with zero attached hydrogens (tertiary/aromatic N) is 1. The third-order valence-corrected chi connectivity index (χ3v) is 7.15. The molecule has 2 aliphatic rings. The van der Waals surface area contributed by atoms with Crippen molar-refractivity contribution in [2.45, 2.75) is 57.7 Å². The highest BCUT2D eigenvalue weighted by atomic mass is 16.5. The van der Waals surface area contributed by atoms with Gasteiger partial charge in [-0.15, -0.1) is 0 Å². The second-order valence-electron chi connectivity index (χ2n) is 9.25. The van der Waals surface area contributed by atoms with Crippen molar-refractivity contribution < 1.29 is 9.53 Å². The summed E-state index contributed by atoms with van der Waals surface area (Å²) in [7, 11) is 0. The molecule has 3 aromatic rings. The number of carbonyl (C=O) groups excluding carboxylic acids is 1. The van der Waals surface area contributed by atoms with Gasteiger partial charge in [-0.05, 0) is 85.5 Å². The van der Waals surface area contributed by atoms with Gasteiger partial charge in [-0.1, -0.05) is 60.7 Å². The SMILES string of the molecule is CC1CCCN1C1CCc2cc(-c3ccc(C(=O)OCc4ccccc4)cc3)ccc2C1. The van der Waals surface area contributed by atoms with E-state index < -0.39 is 0 Å². The molecule has 0 radical (unpaired) electrons. The number of carbonyl (C=O) groups is 1. The average Bonchev–Trinajstić information content (AvgIpc) is 3.28. The zero-order valence-corrected chi connectivity index (χ0v) is 18.8. The topological polar surface area (TPSA) is 29.5 Å². The van der Waals surface area contributed by atoms with Gasteiger partial charge in [0.25, 0.3) is 0 Å². The molecule has 1 saturated heterocycles. The first-order valence-corrected chi connectivity index (χ1v) is 11.9. The van der Waals surface area contributed by atoms with Crippen molar-refractivity contribution in [3.8, 4) is 11.1 Å². The minimum atomic E-state index is -0.284. The number of esters is 1. The molecule has 32 heavy (non-hydrogen) atoms. The Morgan fingerprint density at radius 2 is 1.72 bits per heavy atom. The summed E-state index contributed by atoms with van der Waals surface area (Å²) in [6.45, 7) is 3.94. The zero-order valence-electron chi connectivity index (χ0n) is 18.8. The van der Waals surface area contributed by atoms with E-state index >= 15 is 0 Å². The molecule has 3 heteroatoms. The normalized spacial score (nSPS) is 20.7. The molecule has 164 valence electrons. The first kappa shape index (κ1) is 21.0. The molecule has 3 nitrogen and oxygen atoms in total. The Kier molecular flexibility index (Phi) is 6.09. The molecule has 3 aromatic carbocycles. The third kappa shape index (κ3) is 4.49. The number of benzene rings is 3. The van der Waals surface area contributed by atoms with Crippen LogP contribution in [0.5, 0.6) is 0 Å². The lowest BCUT2D eigenvalue weighted by Crippen LogP contribution is -2.41. The number of rotatable bonds is 5. The molecule has 0 spiro atoms. The Labute approximate surface area is 191 Å². The van der Waals surface area contributed by atoms with Gasteiger partial charge in [-0.2, -0.15) is 0 Å². The Bertz CT molecular complexity index is 1070. The summed E-state index contributed by atoms with van der Waals surface area (Å²) in [6, 6.07) is 25.9. The first-order chi connectivity index (χ1) is 15.7. The molecule has 1 aliphatic heterocycles. The number of aryl methyl sites for hydroxylation is 1. The maximum atomic E-state index is 12.4. The van der Waals surface area contributed by atoms with Crippen molar-refractivity contribution in [2.24, 2.45) is 0 Å². The van der Waals surface area contributed by atoms with Gasteiger partial charge in [-0.3, -0.25) is 4.90 Å². The highest BCUT2D eigenvalue weighted by molar-refractivity contribution is 5.90. The monoisotopic (exact) mass is 425 g/mol. The van der Waals surface area contributed by atoms with Gasteiger partial charge in [0.15, 0.2) is 0 Å². The summed E-state index contributed by atoms with van der Waals surface area (Å²) >= 11 is 0. The molecule has 0 amide bonds. The van der Waals surface area contributed by atoms with Crippen molar-refractivity contribution in [1.82, 2.24) is 4.90 Å². The summed E-state index contributed by atoms with van der Waals surface area (Å²) in [6.07, 6.45) is 6.28. The molecule has 1 aliphatic carbocycles. The van der Waals surface area contributed by atoms with Gasteiger partial charge < -0.3 is 4.74 Å². The van der Waals surface area contributed by atoms with Crippen LogP contribution in [0, 0.1) is 0 Å². The van der Waals surface area contributed by atoms with Gasteiger partial charge in [0.1, 0.15) is 6.61 Å². The highest BCUT2D eigenvalue weighted by Gasteiger charge is 2.30. The van der Waals surface area contributed by atoms with E-state index in [9.17, 15) is 4.79 Å². The molecule has 1 fully saturated rings. The third-order valence-electron chi connectivity index (χ3n) is 7.15. The fraction of sp³-hybridized carbons (Fsp3) is 0.345. The van der Waals surface area contributed by atoms with Crippen LogP contribution < -0.4 is 0 Å². The quantitative estimate of drug-likeness (QED) is 0.466. The Morgan fingerprint density at radius 3 is 2.47 bits per heavy atom. The lowest BCUT2D eigenvalue weighted by molar-refractivity contribution is 0.0472. The molecular formula is C29H31NO2. The Hall–Kier alpha value is -2.91. The predicted molar refractivity (Wildman–Crippen MR) is 129 cm³/mol. The molecule has 0 bridgehead atoms. The standard InChI is InChI=1S/C29H31NO2/c1-21-6-5-17-30(21)28-16-15-26-18-25(13-14-27(26)19-28)23-9-11-24(12-10-23)29(31)32-20-22-7-3-2-4-8-22/h2-4,7-14,18,21,28H,5-6,15-17,19-20H2,1H3. The predicted octanol–water partition coefficient (Wildman–Crippen LogP) is 6.05. The van der Waals surface area contributed by atoms with Crippen LogP contribution >= 0.6 is 0 Å². The van der Waals surface area contributed by atoms with Gasteiger partial charge in [0.2, 0.25) is 0 Å². The maximum absolute atomic E-state index is 12.4. The van der Waals surface area contributed by atoms with Crippen LogP contribution in [0.3, 0.4) is 0 Å². The zero-order chi connectivity index (χ0) is 21.9. The van der Waals surface area contributed by atoms with Gasteiger partial charge in [-0.25, -0.2) is 4.79 Å². The number of hydrogen-bond acceptors (Lipinski definition) is 3. The summed E-state index contributed by atoms with van der Waals surface area (Å²) in [5.74, 6) is -0.284. The Morgan fingerprint density at radius 1 is 0.938 bits per heavy atom. The summed E-state index contributed by atoms with van der Waals surface area (Å²) in [5.41, 5.74) is 6.93. The van der Waals surface area contributed by atoms with Crippen LogP contribution in [0.2, 0.25) is 0 Å². The van der Waals surface area contributed by atoms with E-state index in [4.69, 9.17) is 4.74 Å². The molecule has 5 rings (SSSR count). The van der Waals surface area contributed by atoms with Crippen molar-refractivity contribution in [3.63, 3.8) is 0 Å².